The smallest absolute Gasteiger partial charge is 0.318 e. The van der Waals surface area contributed by atoms with E-state index in [0.717, 1.165) is 38.5 Å². The van der Waals surface area contributed by atoms with Crippen molar-refractivity contribution >= 4 is 46.3 Å². The quantitative estimate of drug-likeness (QED) is 0.746. The van der Waals surface area contributed by atoms with Crippen molar-refractivity contribution in [3.8, 4) is 0 Å². The standard InChI is InChI=1S/C12H23O2PS4/c13-15(14,18-11-7-3-1-4-8-11)19(16,17)12-9-5-2-6-10-12/h11-12H,1-10H2,(H,13,14). The molecule has 2 fully saturated rings. The van der Waals surface area contributed by atoms with E-state index in [2.05, 4.69) is 0 Å². The maximum Gasteiger partial charge on any atom is 0.318 e. The van der Waals surface area contributed by atoms with Gasteiger partial charge < -0.3 is 4.89 Å². The largest absolute Gasteiger partial charge is 0.329 e. The zero-order chi connectivity index (χ0) is 13.9. The molecular weight excluding hydrogens is 335 g/mol. The zero-order valence-electron chi connectivity index (χ0n) is 11.2. The Morgan fingerprint density at radius 1 is 0.947 bits per heavy atom. The summed E-state index contributed by atoms with van der Waals surface area (Å²) in [5, 5.41) is 0.462. The third-order valence-corrected chi connectivity index (χ3v) is 21.5. The summed E-state index contributed by atoms with van der Waals surface area (Å²) in [7, 11) is 0. The van der Waals surface area contributed by atoms with Crippen molar-refractivity contribution in [2.24, 2.45) is 0 Å². The minimum atomic E-state index is -3.40. The molecule has 2 rings (SSSR count). The van der Waals surface area contributed by atoms with Gasteiger partial charge in [-0.25, -0.2) is 0 Å². The minimum absolute atomic E-state index is 0.151. The molecule has 2 aliphatic rings. The second-order valence-electron chi connectivity index (χ2n) is 5.61. The molecule has 112 valence electrons. The van der Waals surface area contributed by atoms with Gasteiger partial charge in [0, 0.05) is 10.5 Å². The van der Waals surface area contributed by atoms with E-state index in [1.165, 1.54) is 37.1 Å². The summed E-state index contributed by atoms with van der Waals surface area (Å²) in [6.45, 7) is -2.22. The van der Waals surface area contributed by atoms with Crippen molar-refractivity contribution in [1.82, 2.24) is 0 Å². The molecule has 0 radical (unpaired) electrons. The Balaban J connectivity index is 2.05. The maximum atomic E-state index is 12.8. The molecule has 2 nitrogen and oxygen atoms in total. The maximum absolute atomic E-state index is 12.8. The van der Waals surface area contributed by atoms with E-state index >= 15 is 0 Å². The molecule has 0 spiro atoms. The van der Waals surface area contributed by atoms with Crippen LogP contribution in [0, 0.1) is 0 Å². The van der Waals surface area contributed by atoms with Crippen LogP contribution in [0.2, 0.25) is 0 Å². The minimum Gasteiger partial charge on any atom is -0.329 e. The average molecular weight is 359 g/mol. The molecule has 0 aromatic heterocycles. The van der Waals surface area contributed by atoms with Crippen LogP contribution in [0.25, 0.3) is 0 Å². The molecule has 1 N–H and O–H groups in total. The normalized spacial score (nSPS) is 27.0. The summed E-state index contributed by atoms with van der Waals surface area (Å²) >= 11 is 12.3. The SMILES string of the molecule is O=P(O)(SC1CCCCC1)S(=S)(=S)C1CCCCC1. The van der Waals surface area contributed by atoms with Gasteiger partial charge in [0.1, 0.15) is 0 Å². The Morgan fingerprint density at radius 3 is 1.95 bits per heavy atom. The van der Waals surface area contributed by atoms with Crippen molar-refractivity contribution in [1.29, 1.82) is 0 Å². The van der Waals surface area contributed by atoms with Gasteiger partial charge in [-0.05, 0) is 54.8 Å². The van der Waals surface area contributed by atoms with Gasteiger partial charge in [0.2, 0.25) is 0 Å². The van der Waals surface area contributed by atoms with Crippen LogP contribution >= 0.6 is 17.2 Å². The second kappa shape index (κ2) is 7.06. The lowest BCUT2D eigenvalue weighted by Crippen LogP contribution is -2.22. The highest BCUT2D eigenvalue weighted by atomic mass is 33.5. The van der Waals surface area contributed by atoms with Crippen molar-refractivity contribution in [3.63, 3.8) is 0 Å². The van der Waals surface area contributed by atoms with Crippen molar-refractivity contribution < 1.29 is 9.46 Å². The first-order chi connectivity index (χ1) is 8.93. The molecule has 19 heavy (non-hydrogen) atoms. The third-order valence-electron chi connectivity index (χ3n) is 4.13. The molecule has 1 atom stereocenters. The third kappa shape index (κ3) is 4.17. The lowest BCUT2D eigenvalue weighted by Gasteiger charge is -2.31. The Bertz CT molecular complexity index is 437. The highest BCUT2D eigenvalue weighted by Crippen LogP contribution is 2.66. The molecule has 7 heteroatoms. The fourth-order valence-electron chi connectivity index (χ4n) is 2.97. The van der Waals surface area contributed by atoms with Gasteiger partial charge in [0.25, 0.3) is 0 Å². The molecular formula is C12H23O2PS4. The predicted molar refractivity (Wildman–Crippen MR) is 93.3 cm³/mol. The summed E-state index contributed by atoms with van der Waals surface area (Å²) in [5.41, 5.74) is 0. The van der Waals surface area contributed by atoms with Crippen LogP contribution in [0.15, 0.2) is 0 Å². The summed E-state index contributed by atoms with van der Waals surface area (Å²) in [5.74, 6) is -3.40. The lowest BCUT2D eigenvalue weighted by atomic mass is 10.0. The van der Waals surface area contributed by atoms with Gasteiger partial charge in [-0.2, -0.15) is 0 Å². The van der Waals surface area contributed by atoms with Gasteiger partial charge in [0.15, 0.2) is 0 Å². The molecule has 0 heterocycles. The molecule has 1 unspecified atom stereocenters. The predicted octanol–water partition coefficient (Wildman–Crippen LogP) is 4.56. The van der Waals surface area contributed by atoms with E-state index in [0.29, 0.717) is 5.25 Å². The Hall–Kier alpha value is 1.33. The molecule has 0 aliphatic heterocycles. The summed E-state index contributed by atoms with van der Waals surface area (Å²) < 4.78 is 12.8. The molecule has 0 aromatic rings. The molecule has 2 aliphatic carbocycles. The first-order valence-corrected chi connectivity index (χ1v) is 14.5. The monoisotopic (exact) mass is 358 g/mol. The number of rotatable bonds is 4. The molecule has 2 saturated carbocycles. The van der Waals surface area contributed by atoms with Gasteiger partial charge in [-0.1, -0.05) is 49.9 Å². The van der Waals surface area contributed by atoms with Gasteiger partial charge in [0.05, 0.1) is 0 Å². The Labute approximate surface area is 130 Å². The molecule has 0 amide bonds. The first-order valence-electron chi connectivity index (χ1n) is 7.19. The van der Waals surface area contributed by atoms with E-state index in [4.69, 9.17) is 22.4 Å². The molecule has 0 saturated heterocycles. The summed E-state index contributed by atoms with van der Waals surface area (Å²) in [6.07, 6.45) is 11.1. The van der Waals surface area contributed by atoms with Gasteiger partial charge in [-0.15, -0.1) is 0 Å². The van der Waals surface area contributed by atoms with Gasteiger partial charge >= 0.3 is 5.77 Å². The van der Waals surface area contributed by atoms with Crippen molar-refractivity contribution in [2.75, 3.05) is 0 Å². The van der Waals surface area contributed by atoms with E-state index in [9.17, 15) is 9.46 Å². The van der Waals surface area contributed by atoms with Crippen LogP contribution in [0.5, 0.6) is 0 Å². The van der Waals surface area contributed by atoms with Crippen molar-refractivity contribution in [3.05, 3.63) is 0 Å². The fraction of sp³-hybridized carbons (Fsp3) is 1.00. The van der Waals surface area contributed by atoms with Gasteiger partial charge in [-0.3, -0.25) is 4.57 Å². The number of hydrogen-bond donors (Lipinski definition) is 1. The zero-order valence-corrected chi connectivity index (χ0v) is 15.3. The fourth-order valence-corrected chi connectivity index (χ4v) is 15.5. The van der Waals surface area contributed by atoms with Crippen LogP contribution in [0.1, 0.15) is 64.2 Å². The van der Waals surface area contributed by atoms with E-state index < -0.39 is 12.5 Å². The average Bonchev–Trinajstić information content (AvgIpc) is 2.40. The van der Waals surface area contributed by atoms with Crippen LogP contribution in [-0.2, 0) is 33.7 Å². The van der Waals surface area contributed by atoms with Crippen molar-refractivity contribution in [2.45, 2.75) is 74.7 Å². The van der Waals surface area contributed by atoms with E-state index in [1.54, 1.807) is 0 Å². The molecule has 0 aromatic carbocycles. The number of hydrogen-bond acceptors (Lipinski definition) is 4. The first kappa shape index (κ1) is 16.7. The molecule has 0 bridgehead atoms. The topological polar surface area (TPSA) is 37.3 Å². The van der Waals surface area contributed by atoms with Crippen LogP contribution in [-0.4, -0.2) is 15.4 Å². The van der Waals surface area contributed by atoms with E-state index in [-0.39, 0.29) is 5.25 Å². The summed E-state index contributed by atoms with van der Waals surface area (Å²) in [6, 6.07) is 0. The second-order valence-corrected chi connectivity index (χ2v) is 20.4. The van der Waals surface area contributed by atoms with Crippen LogP contribution in [0.3, 0.4) is 0 Å². The Kier molecular flexibility index (Phi) is 6.20. The van der Waals surface area contributed by atoms with Crippen LogP contribution < -0.4 is 0 Å². The highest BCUT2D eigenvalue weighted by Gasteiger charge is 2.38. The highest BCUT2D eigenvalue weighted by molar-refractivity contribution is 9.02. The van der Waals surface area contributed by atoms with E-state index in [1.807, 2.05) is 0 Å². The lowest BCUT2D eigenvalue weighted by molar-refractivity contribution is 0.500. The van der Waals surface area contributed by atoms with Crippen LogP contribution in [0.4, 0.5) is 0 Å². The Morgan fingerprint density at radius 2 is 1.42 bits per heavy atom. The summed E-state index contributed by atoms with van der Waals surface area (Å²) in [4.78, 5) is 10.5.